The fraction of sp³-hybridized carbons (Fsp3) is 0.375. The van der Waals surface area contributed by atoms with E-state index in [0.29, 0.717) is 31.3 Å². The van der Waals surface area contributed by atoms with Gasteiger partial charge in [-0.3, -0.25) is 0 Å². The van der Waals surface area contributed by atoms with Gasteiger partial charge in [-0.25, -0.2) is 41.7 Å². The minimum absolute atomic E-state index is 0.139. The summed E-state index contributed by atoms with van der Waals surface area (Å²) in [6.45, 7) is 4.22. The monoisotopic (exact) mass is 554 g/mol. The van der Waals surface area contributed by atoms with Crippen molar-refractivity contribution < 1.29 is 30.7 Å². The molecule has 1 saturated heterocycles. The normalized spacial score (nSPS) is 18.3. The number of nitrogens with one attached hydrogen (secondary N) is 2. The fourth-order valence-electron chi connectivity index (χ4n) is 4.13. The van der Waals surface area contributed by atoms with E-state index in [1.54, 1.807) is 12.1 Å². The Morgan fingerprint density at radius 3 is 2.63 bits per heavy atom. The van der Waals surface area contributed by atoms with Gasteiger partial charge in [-0.1, -0.05) is 0 Å². The molecule has 1 aliphatic heterocycles. The molecule has 4 N–H and O–H groups in total. The van der Waals surface area contributed by atoms with Crippen LogP contribution in [0, 0.1) is 23.4 Å². The highest BCUT2D eigenvalue weighted by Gasteiger charge is 2.34. The molecule has 3 heterocycles. The lowest BCUT2D eigenvalue weighted by atomic mass is 9.84. The van der Waals surface area contributed by atoms with Crippen LogP contribution in [-0.2, 0) is 15.8 Å². The number of hydrogen-bond donors (Lipinski definition) is 3. The highest BCUT2D eigenvalue weighted by Crippen LogP contribution is 2.34. The van der Waals surface area contributed by atoms with Crippen molar-refractivity contribution in [2.75, 3.05) is 18.4 Å². The van der Waals surface area contributed by atoms with Gasteiger partial charge in [0.15, 0.2) is 11.6 Å². The smallest absolute Gasteiger partial charge is 0.228 e. The third-order valence-corrected chi connectivity index (χ3v) is 6.82. The first-order chi connectivity index (χ1) is 17.8. The number of aromatic nitrogens is 3. The summed E-state index contributed by atoms with van der Waals surface area (Å²) < 4.78 is 85.9. The van der Waals surface area contributed by atoms with E-state index >= 15 is 0 Å². The molecule has 204 valence electrons. The molecule has 2 aromatic heterocycles. The van der Waals surface area contributed by atoms with E-state index in [1.807, 2.05) is 0 Å². The Labute approximate surface area is 216 Å². The number of anilines is 1. The number of halogens is 4. The summed E-state index contributed by atoms with van der Waals surface area (Å²) in [5, 5.41) is 11.2. The zero-order valence-corrected chi connectivity index (χ0v) is 21.3. The van der Waals surface area contributed by atoms with Gasteiger partial charge >= 0.3 is 0 Å². The van der Waals surface area contributed by atoms with E-state index in [-0.39, 0.29) is 29.4 Å². The quantitative estimate of drug-likeness (QED) is 0.284. The van der Waals surface area contributed by atoms with Crippen LogP contribution in [0.5, 0.6) is 11.6 Å². The minimum atomic E-state index is -4.32. The van der Waals surface area contributed by atoms with Gasteiger partial charge in [0.1, 0.15) is 11.5 Å². The maximum Gasteiger partial charge on any atom is 0.228 e. The van der Waals surface area contributed by atoms with Gasteiger partial charge in [-0.2, -0.15) is 4.39 Å². The molecule has 0 aliphatic carbocycles. The summed E-state index contributed by atoms with van der Waals surface area (Å²) in [6, 6.07) is 5.03. The largest absolute Gasteiger partial charge is 0.435 e. The van der Waals surface area contributed by atoms with E-state index in [0.717, 1.165) is 0 Å². The Balaban J connectivity index is 1.59. The summed E-state index contributed by atoms with van der Waals surface area (Å²) >= 11 is 0. The molecular formula is C24H26F4N6O3S. The van der Waals surface area contributed by atoms with Crippen LogP contribution in [0.1, 0.15) is 25.8 Å². The van der Waals surface area contributed by atoms with Gasteiger partial charge in [0.2, 0.25) is 27.7 Å². The highest BCUT2D eigenvalue weighted by molar-refractivity contribution is 7.88. The first-order valence-corrected chi connectivity index (χ1v) is 13.3. The Kier molecular flexibility index (Phi) is 7.85. The number of pyridine rings is 1. The van der Waals surface area contributed by atoms with Gasteiger partial charge in [-0.15, -0.1) is 0 Å². The van der Waals surface area contributed by atoms with Gasteiger partial charge in [-0.05, 0) is 38.5 Å². The van der Waals surface area contributed by atoms with Crippen LogP contribution < -0.4 is 20.5 Å². The van der Waals surface area contributed by atoms with Crippen molar-refractivity contribution in [1.29, 1.82) is 0 Å². The predicted molar refractivity (Wildman–Crippen MR) is 132 cm³/mol. The number of nitrogens with two attached hydrogens (primary N) is 1. The fourth-order valence-corrected chi connectivity index (χ4v) is 4.79. The van der Waals surface area contributed by atoms with E-state index in [1.165, 1.54) is 32.3 Å². The summed E-state index contributed by atoms with van der Waals surface area (Å²) in [7, 11) is -4.32. The van der Waals surface area contributed by atoms with E-state index < -0.39 is 50.2 Å². The number of piperidine rings is 1. The van der Waals surface area contributed by atoms with Crippen LogP contribution in [0.25, 0.3) is 11.3 Å². The number of benzene rings is 1. The van der Waals surface area contributed by atoms with Gasteiger partial charge < -0.3 is 15.4 Å². The Hall–Kier alpha value is -3.36. The predicted octanol–water partition coefficient (Wildman–Crippen LogP) is 3.67. The number of alkyl halides is 1. The van der Waals surface area contributed by atoms with Crippen molar-refractivity contribution in [3.05, 3.63) is 59.7 Å². The Bertz CT molecular complexity index is 1440. The first kappa shape index (κ1) is 27.7. The van der Waals surface area contributed by atoms with Crippen LogP contribution in [0.2, 0.25) is 0 Å². The molecule has 0 saturated carbocycles. The second-order valence-electron chi connectivity index (χ2n) is 9.49. The van der Waals surface area contributed by atoms with Crippen LogP contribution in [0.3, 0.4) is 0 Å². The van der Waals surface area contributed by atoms with Crippen molar-refractivity contribution in [3.8, 4) is 22.9 Å². The molecule has 0 radical (unpaired) electrons. The van der Waals surface area contributed by atoms with E-state index in [4.69, 9.17) is 9.88 Å². The highest BCUT2D eigenvalue weighted by atomic mass is 32.2. The number of nitrogens with zero attached hydrogens (tertiary/aromatic N) is 3. The number of hydrogen-bond acceptors (Lipinski definition) is 8. The minimum Gasteiger partial charge on any atom is -0.435 e. The van der Waals surface area contributed by atoms with Crippen LogP contribution in [0.15, 0.2) is 36.7 Å². The molecule has 4 rings (SSSR count). The molecule has 1 aliphatic rings. The average Bonchev–Trinajstić information content (AvgIpc) is 2.85. The molecule has 2 atom stereocenters. The zero-order chi connectivity index (χ0) is 27.7. The van der Waals surface area contributed by atoms with Crippen LogP contribution in [-0.4, -0.2) is 48.2 Å². The van der Waals surface area contributed by atoms with Crippen molar-refractivity contribution >= 4 is 16.0 Å². The molecule has 3 aromatic rings. The van der Waals surface area contributed by atoms with E-state index in [9.17, 15) is 26.0 Å². The number of primary sulfonamides is 1. The van der Waals surface area contributed by atoms with Crippen molar-refractivity contribution in [2.45, 2.75) is 37.7 Å². The third-order valence-electron chi connectivity index (χ3n) is 6.13. The van der Waals surface area contributed by atoms with Crippen molar-refractivity contribution in [2.24, 2.45) is 11.1 Å². The van der Waals surface area contributed by atoms with Crippen LogP contribution in [0.4, 0.5) is 23.5 Å². The lowest BCUT2D eigenvalue weighted by Gasteiger charge is -2.35. The lowest BCUT2D eigenvalue weighted by molar-refractivity contribution is 0.0993. The second-order valence-corrected chi connectivity index (χ2v) is 11.1. The van der Waals surface area contributed by atoms with E-state index in [2.05, 4.69) is 25.6 Å². The van der Waals surface area contributed by atoms with Gasteiger partial charge in [0.25, 0.3) is 0 Å². The number of sulfonamides is 1. The van der Waals surface area contributed by atoms with Gasteiger partial charge in [0.05, 0.1) is 17.0 Å². The third kappa shape index (κ3) is 6.55. The Morgan fingerprint density at radius 1 is 1.16 bits per heavy atom. The van der Waals surface area contributed by atoms with Crippen molar-refractivity contribution in [3.63, 3.8) is 0 Å². The molecule has 0 bridgehead atoms. The Morgan fingerprint density at radius 2 is 1.92 bits per heavy atom. The van der Waals surface area contributed by atoms with Crippen LogP contribution >= 0.6 is 0 Å². The SMILES string of the molecule is CC(C)(F)C1CNCC(Nc2nccc(-c3cccnc3Oc3cc(F)c(CS(N)(=O)=O)c(F)c3F)n2)C1. The molecule has 1 aromatic carbocycles. The molecule has 1 fully saturated rings. The summed E-state index contributed by atoms with van der Waals surface area (Å²) in [5.74, 6) is -6.95. The average molecular weight is 555 g/mol. The molecular weight excluding hydrogens is 528 g/mol. The topological polar surface area (TPSA) is 132 Å². The summed E-state index contributed by atoms with van der Waals surface area (Å²) in [6.07, 6.45) is 3.35. The zero-order valence-electron chi connectivity index (χ0n) is 20.5. The maximum atomic E-state index is 14.7. The van der Waals surface area contributed by atoms with Crippen molar-refractivity contribution in [1.82, 2.24) is 20.3 Å². The number of ether oxygens (including phenoxy) is 1. The molecule has 38 heavy (non-hydrogen) atoms. The molecule has 0 amide bonds. The summed E-state index contributed by atoms with van der Waals surface area (Å²) in [5.41, 5.74) is -1.83. The van der Waals surface area contributed by atoms with Gasteiger partial charge in [0, 0.05) is 49.1 Å². The lowest BCUT2D eigenvalue weighted by Crippen LogP contribution is -2.48. The maximum absolute atomic E-state index is 14.7. The number of rotatable bonds is 8. The molecule has 9 nitrogen and oxygen atoms in total. The molecule has 0 spiro atoms. The molecule has 14 heteroatoms. The first-order valence-electron chi connectivity index (χ1n) is 11.6. The molecule has 2 unspecified atom stereocenters. The summed E-state index contributed by atoms with van der Waals surface area (Å²) in [4.78, 5) is 12.7. The second kappa shape index (κ2) is 10.8. The standard InChI is InChI=1S/C24H26F4N6O3S/c1-24(2,28)13-8-14(11-30-10-13)33-23-32-7-5-18(34-23)15-4-3-6-31-22(15)37-19-9-17(25)16(12-38(29,35)36)20(26)21(19)27/h3-7,9,13-14,30H,8,10-12H2,1-2H3,(H2,29,35,36)(H,32,33,34).